The molecule has 0 fully saturated rings. The zero-order valence-electron chi connectivity index (χ0n) is 7.36. The molecule has 70 valence electrons. The van der Waals surface area contributed by atoms with Gasteiger partial charge in [0.15, 0.2) is 11.5 Å². The van der Waals surface area contributed by atoms with Crippen molar-refractivity contribution < 1.29 is 14.3 Å². The summed E-state index contributed by atoms with van der Waals surface area (Å²) in [6.07, 6.45) is 0. The second-order valence-electron chi connectivity index (χ2n) is 2.54. The summed E-state index contributed by atoms with van der Waals surface area (Å²) < 4.78 is 4.68. The molecule has 0 saturated heterocycles. The number of Topliss-reactive ketones (excluding diaryl/α,β-unsaturated/α-hetero) is 1. The molecule has 1 heterocycles. The van der Waals surface area contributed by atoms with E-state index in [-0.39, 0.29) is 12.4 Å². The van der Waals surface area contributed by atoms with Gasteiger partial charge >= 0.3 is 5.97 Å². The molecule has 0 aliphatic heterocycles. The van der Waals surface area contributed by atoms with Gasteiger partial charge < -0.3 is 4.74 Å². The van der Waals surface area contributed by atoms with Gasteiger partial charge in [-0.1, -0.05) is 0 Å². The van der Waals surface area contributed by atoms with Crippen LogP contribution < -0.4 is 0 Å². The van der Waals surface area contributed by atoms with Gasteiger partial charge in [-0.15, -0.1) is 11.3 Å². The second kappa shape index (κ2) is 4.13. The maximum Gasteiger partial charge on any atom is 0.358 e. The quantitative estimate of drug-likeness (QED) is 0.686. The zero-order chi connectivity index (χ0) is 9.84. The van der Waals surface area contributed by atoms with Crippen molar-refractivity contribution in [3.8, 4) is 0 Å². The summed E-state index contributed by atoms with van der Waals surface area (Å²) >= 11 is 1.37. The van der Waals surface area contributed by atoms with E-state index >= 15 is 0 Å². The first-order chi connectivity index (χ1) is 6.11. The standard InChI is InChI=1S/C8H9NO3S/c1-5(10)3-12-8(11)7-6(2)13-4-9-7/h4H,3H2,1-2H3. The van der Waals surface area contributed by atoms with Crippen LogP contribution in [-0.2, 0) is 9.53 Å². The van der Waals surface area contributed by atoms with Crippen molar-refractivity contribution in [2.75, 3.05) is 6.61 Å². The molecule has 0 N–H and O–H groups in total. The van der Waals surface area contributed by atoms with E-state index in [9.17, 15) is 9.59 Å². The molecule has 0 bridgehead atoms. The Morgan fingerprint density at radius 1 is 1.62 bits per heavy atom. The summed E-state index contributed by atoms with van der Waals surface area (Å²) in [4.78, 5) is 26.3. The smallest absolute Gasteiger partial charge is 0.358 e. The van der Waals surface area contributed by atoms with E-state index < -0.39 is 5.97 Å². The van der Waals surface area contributed by atoms with Crippen molar-refractivity contribution >= 4 is 23.1 Å². The number of ketones is 1. The molecule has 4 nitrogen and oxygen atoms in total. The Kier molecular flexibility index (Phi) is 3.13. The normalized spacial score (nSPS) is 9.69. The maximum absolute atomic E-state index is 11.2. The van der Waals surface area contributed by atoms with Crippen molar-refractivity contribution in [2.24, 2.45) is 0 Å². The fourth-order valence-electron chi connectivity index (χ4n) is 0.737. The Balaban J connectivity index is 2.59. The third-order valence-corrected chi connectivity index (χ3v) is 2.10. The van der Waals surface area contributed by atoms with Gasteiger partial charge in [0.05, 0.1) is 5.51 Å². The van der Waals surface area contributed by atoms with Gasteiger partial charge in [-0.05, 0) is 13.8 Å². The first-order valence-corrected chi connectivity index (χ1v) is 4.56. The summed E-state index contributed by atoms with van der Waals surface area (Å²) in [5, 5.41) is 0. The number of hydrogen-bond acceptors (Lipinski definition) is 5. The van der Waals surface area contributed by atoms with E-state index in [1.165, 1.54) is 18.3 Å². The maximum atomic E-state index is 11.2. The molecule has 13 heavy (non-hydrogen) atoms. The lowest BCUT2D eigenvalue weighted by molar-refractivity contribution is -0.120. The number of carbonyl (C=O) groups is 2. The molecular weight excluding hydrogens is 190 g/mol. The fraction of sp³-hybridized carbons (Fsp3) is 0.375. The zero-order valence-corrected chi connectivity index (χ0v) is 8.18. The molecule has 0 saturated carbocycles. The first-order valence-electron chi connectivity index (χ1n) is 3.68. The number of thiazole rings is 1. The van der Waals surface area contributed by atoms with Crippen LogP contribution in [0.15, 0.2) is 5.51 Å². The minimum Gasteiger partial charge on any atom is -0.453 e. The molecule has 0 amide bonds. The molecule has 0 spiro atoms. The van der Waals surface area contributed by atoms with E-state index in [1.807, 2.05) is 0 Å². The van der Waals surface area contributed by atoms with Gasteiger partial charge in [0, 0.05) is 4.88 Å². The third kappa shape index (κ3) is 2.62. The molecule has 0 atom stereocenters. The number of rotatable bonds is 3. The monoisotopic (exact) mass is 199 g/mol. The van der Waals surface area contributed by atoms with Gasteiger partial charge in [0.25, 0.3) is 0 Å². The highest BCUT2D eigenvalue weighted by Gasteiger charge is 2.13. The minimum absolute atomic E-state index is 0.179. The molecule has 0 aliphatic carbocycles. The van der Waals surface area contributed by atoms with Crippen molar-refractivity contribution in [2.45, 2.75) is 13.8 Å². The topological polar surface area (TPSA) is 56.3 Å². The Hall–Kier alpha value is -1.23. The summed E-state index contributed by atoms with van der Waals surface area (Å²) in [5.74, 6) is -0.713. The van der Waals surface area contributed by atoms with Crippen LogP contribution >= 0.6 is 11.3 Å². The SMILES string of the molecule is CC(=O)COC(=O)c1ncsc1C. The third-order valence-electron chi connectivity index (χ3n) is 1.34. The van der Waals surface area contributed by atoms with E-state index in [4.69, 9.17) is 0 Å². The van der Waals surface area contributed by atoms with Crippen LogP contribution in [0, 0.1) is 6.92 Å². The van der Waals surface area contributed by atoms with Crippen LogP contribution in [0.3, 0.4) is 0 Å². The first kappa shape index (κ1) is 9.85. The Bertz CT molecular complexity index is 332. The van der Waals surface area contributed by atoms with Crippen LogP contribution in [0.4, 0.5) is 0 Å². The highest BCUT2D eigenvalue weighted by molar-refractivity contribution is 7.09. The lowest BCUT2D eigenvalue weighted by atomic mass is 10.4. The molecule has 1 aromatic heterocycles. The van der Waals surface area contributed by atoms with Crippen LogP contribution in [0.1, 0.15) is 22.3 Å². The van der Waals surface area contributed by atoms with Gasteiger partial charge in [-0.3, -0.25) is 4.79 Å². The van der Waals surface area contributed by atoms with Gasteiger partial charge in [-0.25, -0.2) is 9.78 Å². The molecule has 5 heteroatoms. The lowest BCUT2D eigenvalue weighted by Crippen LogP contribution is -2.12. The molecule has 1 aromatic rings. The number of aromatic nitrogens is 1. The second-order valence-corrected chi connectivity index (χ2v) is 3.59. The Labute approximate surface area is 79.6 Å². The van der Waals surface area contributed by atoms with E-state index in [2.05, 4.69) is 9.72 Å². The largest absolute Gasteiger partial charge is 0.453 e. The molecule has 1 rings (SSSR count). The number of esters is 1. The summed E-state index contributed by atoms with van der Waals surface area (Å²) in [7, 11) is 0. The minimum atomic E-state index is -0.533. The van der Waals surface area contributed by atoms with E-state index in [0.29, 0.717) is 5.69 Å². The molecule has 0 aromatic carbocycles. The van der Waals surface area contributed by atoms with Crippen LogP contribution in [0.5, 0.6) is 0 Å². The summed E-state index contributed by atoms with van der Waals surface area (Å²) in [6, 6.07) is 0. The van der Waals surface area contributed by atoms with Crippen LogP contribution in [0.25, 0.3) is 0 Å². The highest BCUT2D eigenvalue weighted by Crippen LogP contribution is 2.11. The summed E-state index contributed by atoms with van der Waals surface area (Å²) in [5.41, 5.74) is 1.87. The number of ether oxygens (including phenoxy) is 1. The van der Waals surface area contributed by atoms with Gasteiger partial charge in [0.2, 0.25) is 0 Å². The van der Waals surface area contributed by atoms with E-state index in [1.54, 1.807) is 12.4 Å². The average Bonchev–Trinajstić information content (AvgIpc) is 2.47. The van der Waals surface area contributed by atoms with Crippen molar-refractivity contribution in [1.82, 2.24) is 4.98 Å². The molecule has 0 unspecified atom stereocenters. The van der Waals surface area contributed by atoms with Gasteiger partial charge in [-0.2, -0.15) is 0 Å². The Morgan fingerprint density at radius 2 is 2.31 bits per heavy atom. The number of carbonyl (C=O) groups excluding carboxylic acids is 2. The molecular formula is C8H9NO3S. The number of aryl methyl sites for hydroxylation is 1. The van der Waals surface area contributed by atoms with Gasteiger partial charge in [0.1, 0.15) is 6.61 Å². The van der Waals surface area contributed by atoms with E-state index in [0.717, 1.165) is 4.88 Å². The highest BCUT2D eigenvalue weighted by atomic mass is 32.1. The number of hydrogen-bond donors (Lipinski definition) is 0. The average molecular weight is 199 g/mol. The van der Waals surface area contributed by atoms with Crippen molar-refractivity contribution in [3.63, 3.8) is 0 Å². The predicted octanol–water partition coefficient (Wildman–Crippen LogP) is 1.20. The van der Waals surface area contributed by atoms with Crippen molar-refractivity contribution in [3.05, 3.63) is 16.1 Å². The number of nitrogens with zero attached hydrogens (tertiary/aromatic N) is 1. The van der Waals surface area contributed by atoms with Crippen LogP contribution in [0.2, 0.25) is 0 Å². The summed E-state index contributed by atoms with van der Waals surface area (Å²) in [6.45, 7) is 2.96. The Morgan fingerprint density at radius 3 is 2.77 bits per heavy atom. The fourth-order valence-corrected chi connectivity index (χ4v) is 1.30. The van der Waals surface area contributed by atoms with Crippen LogP contribution in [-0.4, -0.2) is 23.3 Å². The van der Waals surface area contributed by atoms with Crippen molar-refractivity contribution in [1.29, 1.82) is 0 Å². The predicted molar refractivity (Wildman–Crippen MR) is 47.8 cm³/mol. The molecule has 0 aliphatic rings. The lowest BCUT2D eigenvalue weighted by Gasteiger charge is -1.99. The molecule has 0 radical (unpaired) electrons.